The largest absolute Gasteiger partial charge is 0.494 e. The summed E-state index contributed by atoms with van der Waals surface area (Å²) in [6.07, 6.45) is 3.04. The fourth-order valence-electron chi connectivity index (χ4n) is 4.67. The summed E-state index contributed by atoms with van der Waals surface area (Å²) < 4.78 is 11.8. The molecule has 3 heterocycles. The highest BCUT2D eigenvalue weighted by Crippen LogP contribution is 2.43. The van der Waals surface area contributed by atoms with E-state index in [1.54, 1.807) is 0 Å². The summed E-state index contributed by atoms with van der Waals surface area (Å²) >= 11 is 0. The molecular weight excluding hydrogens is 402 g/mol. The highest BCUT2D eigenvalue weighted by Gasteiger charge is 2.43. The van der Waals surface area contributed by atoms with Gasteiger partial charge in [0.25, 0.3) is 5.91 Å². The molecule has 2 aromatic carbocycles. The normalized spacial score (nSPS) is 20.1. The molecule has 2 unspecified atom stereocenters. The Labute approximate surface area is 188 Å². The molecule has 5 rings (SSSR count). The molecule has 1 fully saturated rings. The van der Waals surface area contributed by atoms with E-state index in [4.69, 9.17) is 9.47 Å². The van der Waals surface area contributed by atoms with Crippen LogP contribution in [0.2, 0.25) is 0 Å². The summed E-state index contributed by atoms with van der Waals surface area (Å²) in [5, 5.41) is 7.61. The number of fused-ring (bicyclic) bond motifs is 1. The third-order valence-electron chi connectivity index (χ3n) is 6.26. The zero-order chi connectivity index (χ0) is 22.1. The lowest BCUT2D eigenvalue weighted by Crippen LogP contribution is -2.36. The fraction of sp³-hybridized carbons (Fsp3) is 0.385. The van der Waals surface area contributed by atoms with E-state index in [2.05, 4.69) is 60.4 Å². The van der Waals surface area contributed by atoms with Gasteiger partial charge < -0.3 is 14.4 Å². The van der Waals surface area contributed by atoms with Crippen molar-refractivity contribution in [2.45, 2.75) is 45.3 Å². The number of hydrogen-bond acceptors (Lipinski definition) is 4. The van der Waals surface area contributed by atoms with Crippen LogP contribution in [0.5, 0.6) is 5.75 Å². The van der Waals surface area contributed by atoms with Gasteiger partial charge in [0.2, 0.25) is 0 Å². The molecule has 2 aliphatic rings. The molecular formula is C26H29N3O3. The second-order valence-electron chi connectivity index (χ2n) is 8.64. The molecule has 2 atom stereocenters. The van der Waals surface area contributed by atoms with Crippen LogP contribution in [0.15, 0.2) is 48.5 Å². The maximum absolute atomic E-state index is 13.5. The molecule has 6 heteroatoms. The van der Waals surface area contributed by atoms with Crippen molar-refractivity contribution >= 4 is 5.91 Å². The molecule has 1 aromatic heterocycles. The fourth-order valence-corrected chi connectivity index (χ4v) is 4.67. The molecule has 166 valence electrons. The number of nitrogens with zero attached hydrogens (tertiary/aromatic N) is 2. The van der Waals surface area contributed by atoms with Crippen molar-refractivity contribution in [1.29, 1.82) is 0 Å². The van der Waals surface area contributed by atoms with Crippen LogP contribution < -0.4 is 4.74 Å². The van der Waals surface area contributed by atoms with Crippen molar-refractivity contribution in [2.75, 3.05) is 19.8 Å². The summed E-state index contributed by atoms with van der Waals surface area (Å²) in [5.41, 5.74) is 5.55. The summed E-state index contributed by atoms with van der Waals surface area (Å²) in [6.45, 7) is 6.15. The first kappa shape index (κ1) is 20.8. The number of hydrogen-bond donors (Lipinski definition) is 1. The van der Waals surface area contributed by atoms with E-state index in [1.807, 2.05) is 17.0 Å². The van der Waals surface area contributed by atoms with Gasteiger partial charge in [0.05, 0.1) is 24.4 Å². The Kier molecular flexibility index (Phi) is 5.70. The van der Waals surface area contributed by atoms with Crippen molar-refractivity contribution in [3.05, 3.63) is 70.9 Å². The first-order valence-electron chi connectivity index (χ1n) is 11.5. The van der Waals surface area contributed by atoms with Gasteiger partial charge in [0.15, 0.2) is 0 Å². The van der Waals surface area contributed by atoms with Gasteiger partial charge >= 0.3 is 0 Å². The van der Waals surface area contributed by atoms with Crippen molar-refractivity contribution in [3.63, 3.8) is 0 Å². The molecule has 0 spiro atoms. The van der Waals surface area contributed by atoms with Crippen molar-refractivity contribution in [3.8, 4) is 17.0 Å². The number of ether oxygens (including phenoxy) is 2. The first-order valence-corrected chi connectivity index (χ1v) is 11.5. The smallest absolute Gasteiger partial charge is 0.273 e. The van der Waals surface area contributed by atoms with E-state index in [0.29, 0.717) is 18.8 Å². The molecule has 0 bridgehead atoms. The van der Waals surface area contributed by atoms with Gasteiger partial charge in [-0.15, -0.1) is 0 Å². The third-order valence-corrected chi connectivity index (χ3v) is 6.26. The maximum atomic E-state index is 13.5. The molecule has 6 nitrogen and oxygen atoms in total. The highest BCUT2D eigenvalue weighted by molar-refractivity contribution is 6.00. The van der Waals surface area contributed by atoms with Gasteiger partial charge in [-0.25, -0.2) is 0 Å². The first-order chi connectivity index (χ1) is 15.7. The lowest BCUT2D eigenvalue weighted by Gasteiger charge is -2.28. The Morgan fingerprint density at radius 3 is 2.81 bits per heavy atom. The number of aromatic nitrogens is 2. The van der Waals surface area contributed by atoms with Gasteiger partial charge in [-0.05, 0) is 43.9 Å². The van der Waals surface area contributed by atoms with Gasteiger partial charge in [0, 0.05) is 24.3 Å². The number of nitrogens with one attached hydrogen (secondary N) is 1. The average Bonchev–Trinajstić information content (AvgIpc) is 3.53. The maximum Gasteiger partial charge on any atom is 0.273 e. The Morgan fingerprint density at radius 1 is 1.22 bits per heavy atom. The summed E-state index contributed by atoms with van der Waals surface area (Å²) in [6, 6.07) is 16.1. The minimum absolute atomic E-state index is 0.0220. The number of aryl methyl sites for hydroxylation is 1. The second kappa shape index (κ2) is 8.79. The van der Waals surface area contributed by atoms with Crippen molar-refractivity contribution < 1.29 is 14.3 Å². The topological polar surface area (TPSA) is 67.5 Å². The summed E-state index contributed by atoms with van der Waals surface area (Å²) in [4.78, 5) is 15.4. The molecule has 2 aliphatic heterocycles. The molecule has 1 amide bonds. The van der Waals surface area contributed by atoms with Gasteiger partial charge in [-0.3, -0.25) is 9.89 Å². The number of benzene rings is 2. The van der Waals surface area contributed by atoms with Gasteiger partial charge in [-0.1, -0.05) is 48.9 Å². The van der Waals surface area contributed by atoms with Crippen LogP contribution in [-0.2, 0) is 4.74 Å². The van der Waals surface area contributed by atoms with Crippen molar-refractivity contribution in [1.82, 2.24) is 15.1 Å². The van der Waals surface area contributed by atoms with Crippen LogP contribution in [0.4, 0.5) is 0 Å². The number of carbonyl (C=O) groups excluding carboxylic acids is 1. The molecule has 0 aliphatic carbocycles. The van der Waals surface area contributed by atoms with Crippen LogP contribution in [0.1, 0.15) is 59.4 Å². The van der Waals surface area contributed by atoms with E-state index >= 15 is 0 Å². The highest BCUT2D eigenvalue weighted by atomic mass is 16.5. The average molecular weight is 432 g/mol. The minimum atomic E-state index is -0.234. The molecule has 0 saturated carbocycles. The van der Waals surface area contributed by atoms with Crippen LogP contribution in [-0.4, -0.2) is 46.9 Å². The van der Waals surface area contributed by atoms with Gasteiger partial charge in [0.1, 0.15) is 11.4 Å². The summed E-state index contributed by atoms with van der Waals surface area (Å²) in [7, 11) is 0. The number of carbonyl (C=O) groups is 1. The lowest BCUT2D eigenvalue weighted by atomic mass is 9.95. The van der Waals surface area contributed by atoms with Crippen LogP contribution in [0.3, 0.4) is 0 Å². The van der Waals surface area contributed by atoms with E-state index < -0.39 is 0 Å². The number of H-pyrrole nitrogens is 1. The van der Waals surface area contributed by atoms with Crippen LogP contribution >= 0.6 is 0 Å². The van der Waals surface area contributed by atoms with Crippen LogP contribution in [0.25, 0.3) is 11.3 Å². The Bertz CT molecular complexity index is 1100. The predicted molar refractivity (Wildman–Crippen MR) is 123 cm³/mol. The standard InChI is InChI=1S/C26H29N3O3/c1-3-13-31-20-7-4-6-19(15-20)25-22-23(18-11-9-17(2)10-12-18)27-28-24(22)26(30)29(25)16-21-8-5-14-32-21/h4,6-7,9-12,15,21,25H,3,5,8,13-14,16H2,1-2H3,(H,27,28). The number of amides is 1. The number of rotatable bonds is 7. The minimum Gasteiger partial charge on any atom is -0.494 e. The van der Waals surface area contributed by atoms with E-state index in [9.17, 15) is 4.79 Å². The van der Waals surface area contributed by atoms with E-state index in [1.165, 1.54) is 5.56 Å². The molecule has 1 saturated heterocycles. The Balaban J connectivity index is 1.58. The lowest BCUT2D eigenvalue weighted by molar-refractivity contribution is 0.0495. The predicted octanol–water partition coefficient (Wildman–Crippen LogP) is 4.90. The molecule has 3 aromatic rings. The van der Waals surface area contributed by atoms with E-state index in [-0.39, 0.29) is 18.1 Å². The Hall–Kier alpha value is -3.12. The monoisotopic (exact) mass is 431 g/mol. The third kappa shape index (κ3) is 3.79. The zero-order valence-electron chi connectivity index (χ0n) is 18.6. The van der Waals surface area contributed by atoms with E-state index in [0.717, 1.165) is 54.0 Å². The van der Waals surface area contributed by atoms with Crippen molar-refractivity contribution in [2.24, 2.45) is 0 Å². The molecule has 0 radical (unpaired) electrons. The van der Waals surface area contributed by atoms with Gasteiger partial charge in [-0.2, -0.15) is 5.10 Å². The van der Waals surface area contributed by atoms with Crippen LogP contribution in [0, 0.1) is 6.92 Å². The molecule has 1 N–H and O–H groups in total. The quantitative estimate of drug-likeness (QED) is 0.578. The Morgan fingerprint density at radius 2 is 2.06 bits per heavy atom. The number of aromatic amines is 1. The molecule has 32 heavy (non-hydrogen) atoms. The SMILES string of the molecule is CCCOc1cccc(C2c3c(-c4ccc(C)cc4)n[nH]c3C(=O)N2CC2CCCO2)c1. The zero-order valence-corrected chi connectivity index (χ0v) is 18.6. The second-order valence-corrected chi connectivity index (χ2v) is 8.64. The summed E-state index contributed by atoms with van der Waals surface area (Å²) in [5.74, 6) is 0.800.